The molecule has 3 heterocycles. The predicted octanol–water partition coefficient (Wildman–Crippen LogP) is -1.08. The summed E-state index contributed by atoms with van der Waals surface area (Å²) in [4.78, 5) is 35.1. The number of fused-ring (bicyclic) bond motifs is 1. The molecular formula is C29H32N4O10. The molecule has 1 amide bonds. The van der Waals surface area contributed by atoms with Crippen LogP contribution in [0.2, 0.25) is 0 Å². The van der Waals surface area contributed by atoms with Crippen molar-refractivity contribution in [3.63, 3.8) is 0 Å². The van der Waals surface area contributed by atoms with Crippen molar-refractivity contribution in [3.05, 3.63) is 80.6 Å². The van der Waals surface area contributed by atoms with Crippen LogP contribution < -0.4 is 36.1 Å². The van der Waals surface area contributed by atoms with Crippen molar-refractivity contribution in [3.8, 4) is 17.2 Å². The lowest BCUT2D eigenvalue weighted by Gasteiger charge is -2.36. The van der Waals surface area contributed by atoms with Gasteiger partial charge in [-0.05, 0) is 42.8 Å². The minimum Gasteiger partial charge on any atom is -0.493 e. The fraction of sp³-hybridized carbons (Fsp3) is 0.345. The maximum atomic E-state index is 14.0. The number of amides is 1. The van der Waals surface area contributed by atoms with Gasteiger partial charge in [0.15, 0.2) is 17.8 Å². The third-order valence-corrected chi connectivity index (χ3v) is 7.35. The van der Waals surface area contributed by atoms with Crippen molar-refractivity contribution in [2.45, 2.75) is 43.7 Å². The van der Waals surface area contributed by atoms with Crippen LogP contribution in [0.3, 0.4) is 0 Å². The maximum absolute atomic E-state index is 14.0. The van der Waals surface area contributed by atoms with Gasteiger partial charge in [0.2, 0.25) is 11.4 Å². The van der Waals surface area contributed by atoms with E-state index in [4.69, 9.17) is 18.9 Å². The van der Waals surface area contributed by atoms with Gasteiger partial charge in [0, 0.05) is 5.69 Å². The zero-order chi connectivity index (χ0) is 31.0. The van der Waals surface area contributed by atoms with Crippen LogP contribution in [0.25, 0.3) is 6.08 Å². The van der Waals surface area contributed by atoms with E-state index in [1.807, 2.05) is 6.07 Å². The number of anilines is 1. The normalized spacial score (nSPS) is 25.5. The second-order valence-corrected chi connectivity index (χ2v) is 9.96. The molecule has 0 aliphatic carbocycles. The molecule has 43 heavy (non-hydrogen) atoms. The molecule has 2 aliphatic rings. The number of benzene rings is 2. The highest BCUT2D eigenvalue weighted by molar-refractivity contribution is 6.05. The van der Waals surface area contributed by atoms with Crippen LogP contribution in [0.5, 0.6) is 17.2 Å². The highest BCUT2D eigenvalue weighted by atomic mass is 16.6. The SMILES string of the molecule is COc1cc(C2C(C(=O)Nc3ccccc3)=C(C)N=c3[nH]/c(=C/C4OC(O)C(O)C(O)C4O)c(=O)n32)cc(OC)c1OC. The number of nitrogens with one attached hydrogen (secondary N) is 2. The number of methoxy groups -OCH3 is 3. The smallest absolute Gasteiger partial charge is 0.277 e. The van der Waals surface area contributed by atoms with E-state index in [0.29, 0.717) is 22.7 Å². The van der Waals surface area contributed by atoms with Gasteiger partial charge in [-0.3, -0.25) is 14.2 Å². The minimum absolute atomic E-state index is 0.0789. The lowest BCUT2D eigenvalue weighted by atomic mass is 9.94. The molecule has 6 atom stereocenters. The van der Waals surface area contributed by atoms with Gasteiger partial charge >= 0.3 is 0 Å². The standard InChI is InChI=1S/C29H32N4O10/c1-13-20(26(37)31-15-8-6-5-7-9-15)21(14-10-18(40-2)25(42-4)19(11-14)41-3)33-27(38)16(32-29(33)30-13)12-17-22(34)23(35)24(36)28(39)43-17/h5-12,17,21-24,28,34-36,39H,1-4H3,(H,30,32)(H,31,37)/b16-12+. The number of carbonyl (C=O) groups is 1. The number of aliphatic hydroxyl groups excluding tert-OH is 4. The van der Waals surface area contributed by atoms with E-state index in [-0.39, 0.29) is 28.0 Å². The number of nitrogens with zero attached hydrogens (tertiary/aromatic N) is 2. The van der Waals surface area contributed by atoms with Crippen LogP contribution in [0.1, 0.15) is 18.5 Å². The number of aromatic amines is 1. The molecule has 5 rings (SSSR count). The molecule has 0 bridgehead atoms. The molecule has 0 radical (unpaired) electrons. The van der Waals surface area contributed by atoms with Crippen molar-refractivity contribution in [1.82, 2.24) is 9.55 Å². The summed E-state index contributed by atoms with van der Waals surface area (Å²) < 4.78 is 23.0. The number of allylic oxidation sites excluding steroid dienone is 1. The first-order chi connectivity index (χ1) is 20.6. The fourth-order valence-electron chi connectivity index (χ4n) is 5.21. The Morgan fingerprint density at radius 2 is 1.65 bits per heavy atom. The lowest BCUT2D eigenvalue weighted by Crippen LogP contribution is -2.57. The highest BCUT2D eigenvalue weighted by Gasteiger charge is 2.42. The average Bonchev–Trinajstić information content (AvgIpc) is 3.31. The second-order valence-electron chi connectivity index (χ2n) is 9.96. The molecule has 228 valence electrons. The van der Waals surface area contributed by atoms with Crippen LogP contribution in [0.15, 0.2) is 63.5 Å². The minimum atomic E-state index is -1.80. The molecule has 0 saturated carbocycles. The average molecular weight is 597 g/mol. The van der Waals surface area contributed by atoms with E-state index in [0.717, 1.165) is 0 Å². The summed E-state index contributed by atoms with van der Waals surface area (Å²) in [5, 5.41) is 43.1. The Kier molecular flexibility index (Phi) is 8.39. The molecule has 1 saturated heterocycles. The Morgan fingerprint density at radius 3 is 2.26 bits per heavy atom. The number of ether oxygens (including phenoxy) is 4. The van der Waals surface area contributed by atoms with Crippen LogP contribution in [-0.4, -0.2) is 87.9 Å². The molecule has 2 aromatic carbocycles. The summed E-state index contributed by atoms with van der Waals surface area (Å²) in [6.45, 7) is 1.63. The Hall–Kier alpha value is -4.47. The van der Waals surface area contributed by atoms with E-state index in [1.54, 1.807) is 43.3 Å². The third kappa shape index (κ3) is 5.42. The first-order valence-electron chi connectivity index (χ1n) is 13.3. The van der Waals surface area contributed by atoms with Crippen LogP contribution in [0, 0.1) is 0 Å². The van der Waals surface area contributed by atoms with E-state index in [9.17, 15) is 30.0 Å². The number of hydrogen-bond donors (Lipinski definition) is 6. The van der Waals surface area contributed by atoms with E-state index < -0.39 is 48.2 Å². The molecule has 6 N–H and O–H groups in total. The van der Waals surface area contributed by atoms with E-state index in [2.05, 4.69) is 15.3 Å². The summed E-state index contributed by atoms with van der Waals surface area (Å²) in [7, 11) is 4.34. The second kappa shape index (κ2) is 12.0. The lowest BCUT2D eigenvalue weighted by molar-refractivity contribution is -0.267. The summed E-state index contributed by atoms with van der Waals surface area (Å²) in [5.74, 6) is 0.374. The van der Waals surface area contributed by atoms with Crippen LogP contribution >= 0.6 is 0 Å². The van der Waals surface area contributed by atoms with Crippen molar-refractivity contribution in [2.75, 3.05) is 26.6 Å². The number of aromatic nitrogens is 2. The number of imidazole rings is 1. The topological polar surface area (TPSA) is 197 Å². The molecule has 14 nitrogen and oxygen atoms in total. The maximum Gasteiger partial charge on any atom is 0.277 e. The monoisotopic (exact) mass is 596 g/mol. The molecule has 2 aliphatic heterocycles. The third-order valence-electron chi connectivity index (χ3n) is 7.35. The van der Waals surface area contributed by atoms with Crippen molar-refractivity contribution >= 4 is 17.7 Å². The number of aliphatic hydroxyl groups is 4. The van der Waals surface area contributed by atoms with E-state index >= 15 is 0 Å². The Bertz CT molecular complexity index is 1710. The number of carbonyl (C=O) groups excluding carboxylic acids is 1. The van der Waals surface area contributed by atoms with Gasteiger partial charge in [-0.2, -0.15) is 0 Å². The number of H-pyrrole nitrogens is 1. The van der Waals surface area contributed by atoms with E-state index in [1.165, 1.54) is 32.0 Å². The zero-order valence-corrected chi connectivity index (χ0v) is 23.7. The molecular weight excluding hydrogens is 564 g/mol. The highest BCUT2D eigenvalue weighted by Crippen LogP contribution is 2.42. The first-order valence-corrected chi connectivity index (χ1v) is 13.3. The summed E-state index contributed by atoms with van der Waals surface area (Å²) in [6, 6.07) is 11.0. The summed E-state index contributed by atoms with van der Waals surface area (Å²) in [5.41, 5.74) is 0.847. The van der Waals surface area contributed by atoms with Gasteiger partial charge in [-0.25, -0.2) is 4.99 Å². The summed E-state index contributed by atoms with van der Waals surface area (Å²) >= 11 is 0. The molecule has 1 fully saturated rings. The largest absolute Gasteiger partial charge is 0.493 e. The molecule has 14 heteroatoms. The zero-order valence-electron chi connectivity index (χ0n) is 23.7. The predicted molar refractivity (Wildman–Crippen MR) is 151 cm³/mol. The van der Waals surface area contributed by atoms with Crippen molar-refractivity contribution < 1.29 is 44.2 Å². The molecule has 1 aromatic heterocycles. The Labute approximate surface area is 244 Å². The number of para-hydroxylation sites is 1. The van der Waals surface area contributed by atoms with Gasteiger partial charge in [-0.1, -0.05) is 18.2 Å². The van der Waals surface area contributed by atoms with Crippen molar-refractivity contribution in [1.29, 1.82) is 0 Å². The van der Waals surface area contributed by atoms with Gasteiger partial charge in [0.1, 0.15) is 29.8 Å². The Morgan fingerprint density at radius 1 is 1.00 bits per heavy atom. The van der Waals surface area contributed by atoms with Crippen molar-refractivity contribution in [2.24, 2.45) is 4.99 Å². The molecule has 3 aromatic rings. The Balaban J connectivity index is 1.70. The van der Waals surface area contributed by atoms with Gasteiger partial charge in [0.25, 0.3) is 11.5 Å². The van der Waals surface area contributed by atoms with Gasteiger partial charge in [0.05, 0.1) is 38.6 Å². The van der Waals surface area contributed by atoms with Crippen LogP contribution in [-0.2, 0) is 9.53 Å². The molecule has 6 unspecified atom stereocenters. The van der Waals surface area contributed by atoms with Crippen LogP contribution in [0.4, 0.5) is 5.69 Å². The summed E-state index contributed by atoms with van der Waals surface area (Å²) in [6.07, 6.45) is -7.12. The number of hydrogen-bond acceptors (Lipinski definition) is 11. The molecule has 0 spiro atoms. The fourth-order valence-corrected chi connectivity index (χ4v) is 5.21. The quantitative estimate of drug-likeness (QED) is 0.195. The number of rotatable bonds is 7. The van der Waals surface area contributed by atoms with Gasteiger partial charge in [-0.15, -0.1) is 0 Å². The first kappa shape index (κ1) is 30.0. The van der Waals surface area contributed by atoms with Gasteiger partial charge < -0.3 is 49.7 Å².